The molecule has 3 rings (SSSR count). The lowest BCUT2D eigenvalue weighted by atomic mass is 10.2. The van der Waals surface area contributed by atoms with Gasteiger partial charge in [-0.05, 0) is 12.1 Å². The molecule has 0 N–H and O–H groups in total. The van der Waals surface area contributed by atoms with E-state index in [-0.39, 0.29) is 12.2 Å². The van der Waals surface area contributed by atoms with Crippen LogP contribution in [-0.4, -0.2) is 11.1 Å². The number of aromatic nitrogens is 1. The number of rotatable bonds is 4. The van der Waals surface area contributed by atoms with Crippen LogP contribution in [-0.2, 0) is 11.3 Å². The molecule has 0 bridgehead atoms. The second-order valence-corrected chi connectivity index (χ2v) is 4.60. The van der Waals surface area contributed by atoms with E-state index < -0.39 is 11.8 Å². The normalized spacial score (nSPS) is 10.4. The molecule has 0 radical (unpaired) electrons. The predicted octanol–water partition coefficient (Wildman–Crippen LogP) is 3.84. The number of hydrogen-bond acceptors (Lipinski definition) is 4. The van der Waals surface area contributed by atoms with Gasteiger partial charge in [0.1, 0.15) is 18.1 Å². The number of halogens is 1. The van der Waals surface area contributed by atoms with Gasteiger partial charge in [-0.3, -0.25) is 0 Å². The van der Waals surface area contributed by atoms with E-state index in [1.54, 1.807) is 12.1 Å². The van der Waals surface area contributed by atoms with Gasteiger partial charge in [-0.1, -0.05) is 47.6 Å². The third-order valence-electron chi connectivity index (χ3n) is 3.06. The van der Waals surface area contributed by atoms with E-state index in [9.17, 15) is 9.18 Å². The van der Waals surface area contributed by atoms with Gasteiger partial charge >= 0.3 is 5.97 Å². The van der Waals surface area contributed by atoms with Gasteiger partial charge in [0.05, 0.1) is 5.56 Å². The maximum absolute atomic E-state index is 13.5. The highest BCUT2D eigenvalue weighted by Crippen LogP contribution is 2.20. The van der Waals surface area contributed by atoms with Crippen molar-refractivity contribution in [1.29, 1.82) is 0 Å². The number of esters is 1. The van der Waals surface area contributed by atoms with Crippen LogP contribution in [0.3, 0.4) is 0 Å². The first-order valence-corrected chi connectivity index (χ1v) is 6.67. The molecule has 22 heavy (non-hydrogen) atoms. The Hall–Kier alpha value is -2.95. The van der Waals surface area contributed by atoms with Crippen molar-refractivity contribution in [2.45, 2.75) is 6.61 Å². The Labute approximate surface area is 126 Å². The molecule has 4 nitrogen and oxygen atoms in total. The average Bonchev–Trinajstić information content (AvgIpc) is 3.03. The van der Waals surface area contributed by atoms with Crippen molar-refractivity contribution in [2.75, 3.05) is 0 Å². The Balaban J connectivity index is 1.67. The molecule has 1 aromatic heterocycles. The number of carbonyl (C=O) groups excluding carboxylic acids is 1. The summed E-state index contributed by atoms with van der Waals surface area (Å²) in [5.74, 6) is -0.766. The highest BCUT2D eigenvalue weighted by molar-refractivity contribution is 5.89. The first-order valence-electron chi connectivity index (χ1n) is 6.67. The maximum Gasteiger partial charge on any atom is 0.341 e. The van der Waals surface area contributed by atoms with E-state index in [0.717, 1.165) is 5.56 Å². The fourth-order valence-electron chi connectivity index (χ4n) is 1.96. The van der Waals surface area contributed by atoms with Gasteiger partial charge < -0.3 is 9.26 Å². The molecule has 3 aromatic rings. The first kappa shape index (κ1) is 14.0. The second kappa shape index (κ2) is 6.22. The summed E-state index contributed by atoms with van der Waals surface area (Å²) in [7, 11) is 0. The van der Waals surface area contributed by atoms with E-state index >= 15 is 0 Å². The van der Waals surface area contributed by atoms with Gasteiger partial charge in [-0.2, -0.15) is 0 Å². The summed E-state index contributed by atoms with van der Waals surface area (Å²) in [5, 5.41) is 3.83. The summed E-state index contributed by atoms with van der Waals surface area (Å²) in [5.41, 5.74) is 1.24. The molecule has 0 saturated heterocycles. The molecule has 0 fully saturated rings. The van der Waals surface area contributed by atoms with Crippen molar-refractivity contribution >= 4 is 5.97 Å². The molecule has 0 aliphatic heterocycles. The van der Waals surface area contributed by atoms with Crippen molar-refractivity contribution in [3.63, 3.8) is 0 Å². The predicted molar refractivity (Wildman–Crippen MR) is 77.5 cm³/mol. The molecule has 0 spiro atoms. The quantitative estimate of drug-likeness (QED) is 0.687. The highest BCUT2D eigenvalue weighted by Gasteiger charge is 2.14. The average molecular weight is 297 g/mol. The van der Waals surface area contributed by atoms with Crippen LogP contribution in [0.2, 0.25) is 0 Å². The van der Waals surface area contributed by atoms with Crippen LogP contribution in [0.15, 0.2) is 65.2 Å². The van der Waals surface area contributed by atoms with E-state index in [0.29, 0.717) is 11.5 Å². The third kappa shape index (κ3) is 3.03. The van der Waals surface area contributed by atoms with Gasteiger partial charge in [0.15, 0.2) is 5.76 Å². The fraction of sp³-hybridized carbons (Fsp3) is 0.0588. The van der Waals surface area contributed by atoms with E-state index in [1.807, 2.05) is 30.3 Å². The van der Waals surface area contributed by atoms with Crippen LogP contribution in [0.5, 0.6) is 0 Å². The summed E-state index contributed by atoms with van der Waals surface area (Å²) in [6, 6.07) is 16.8. The number of ether oxygens (including phenoxy) is 1. The Kier molecular flexibility index (Phi) is 3.96. The van der Waals surface area contributed by atoms with Gasteiger partial charge in [-0.25, -0.2) is 9.18 Å². The zero-order valence-electron chi connectivity index (χ0n) is 11.5. The third-order valence-corrected chi connectivity index (χ3v) is 3.06. The molecule has 0 saturated carbocycles. The minimum absolute atomic E-state index is 0.0799. The molecule has 0 unspecified atom stereocenters. The standard InChI is InChI=1S/C17H12FNO3/c18-15-9-5-4-8-14(15)17(20)21-11-13-10-16(22-19-13)12-6-2-1-3-7-12/h1-10H,11H2. The molecule has 0 aliphatic rings. The van der Waals surface area contributed by atoms with Crippen molar-refractivity contribution in [1.82, 2.24) is 5.16 Å². The van der Waals surface area contributed by atoms with Gasteiger partial charge in [0.25, 0.3) is 0 Å². The summed E-state index contributed by atoms with van der Waals surface area (Å²) < 4.78 is 23.7. The first-order chi connectivity index (χ1) is 10.7. The fourth-order valence-corrected chi connectivity index (χ4v) is 1.96. The van der Waals surface area contributed by atoms with Crippen LogP contribution >= 0.6 is 0 Å². The molecule has 1 heterocycles. The lowest BCUT2D eigenvalue weighted by Gasteiger charge is -2.02. The van der Waals surface area contributed by atoms with Crippen molar-refractivity contribution in [2.24, 2.45) is 0 Å². The van der Waals surface area contributed by atoms with Crippen LogP contribution in [0.4, 0.5) is 4.39 Å². The Morgan fingerprint density at radius 3 is 2.59 bits per heavy atom. The lowest BCUT2D eigenvalue weighted by molar-refractivity contribution is 0.0459. The van der Waals surface area contributed by atoms with Crippen LogP contribution in [0, 0.1) is 5.82 Å². The maximum atomic E-state index is 13.5. The Morgan fingerprint density at radius 2 is 1.82 bits per heavy atom. The Morgan fingerprint density at radius 1 is 1.09 bits per heavy atom. The van der Waals surface area contributed by atoms with Crippen LogP contribution in [0.25, 0.3) is 11.3 Å². The summed E-state index contributed by atoms with van der Waals surface area (Å²) in [4.78, 5) is 11.8. The minimum Gasteiger partial charge on any atom is -0.455 e. The minimum atomic E-state index is -0.734. The van der Waals surface area contributed by atoms with Crippen molar-refractivity contribution < 1.29 is 18.4 Å². The molecule has 2 aromatic carbocycles. The van der Waals surface area contributed by atoms with E-state index in [1.165, 1.54) is 18.2 Å². The topological polar surface area (TPSA) is 52.3 Å². The molecule has 5 heteroatoms. The van der Waals surface area contributed by atoms with Crippen LogP contribution < -0.4 is 0 Å². The second-order valence-electron chi connectivity index (χ2n) is 4.60. The van der Waals surface area contributed by atoms with Crippen LogP contribution in [0.1, 0.15) is 16.1 Å². The number of carbonyl (C=O) groups is 1. The summed E-state index contributed by atoms with van der Waals surface area (Å²) in [6.45, 7) is -0.0799. The summed E-state index contributed by atoms with van der Waals surface area (Å²) >= 11 is 0. The molecule has 0 atom stereocenters. The largest absolute Gasteiger partial charge is 0.455 e. The zero-order valence-corrected chi connectivity index (χ0v) is 11.5. The molecule has 0 amide bonds. The highest BCUT2D eigenvalue weighted by atomic mass is 19.1. The lowest BCUT2D eigenvalue weighted by Crippen LogP contribution is -2.07. The smallest absolute Gasteiger partial charge is 0.341 e. The Bertz CT molecular complexity index is 783. The van der Waals surface area contributed by atoms with Gasteiger partial charge in [0, 0.05) is 11.6 Å². The van der Waals surface area contributed by atoms with E-state index in [4.69, 9.17) is 9.26 Å². The molecular formula is C17H12FNO3. The monoisotopic (exact) mass is 297 g/mol. The number of hydrogen-bond donors (Lipinski definition) is 0. The molecule has 0 aliphatic carbocycles. The van der Waals surface area contributed by atoms with Crippen molar-refractivity contribution in [3.05, 3.63) is 77.7 Å². The SMILES string of the molecule is O=C(OCc1cc(-c2ccccc2)on1)c1ccccc1F. The zero-order chi connectivity index (χ0) is 15.4. The summed E-state index contributed by atoms with van der Waals surface area (Å²) in [6.07, 6.45) is 0. The molecular weight excluding hydrogens is 285 g/mol. The molecule has 110 valence electrons. The van der Waals surface area contributed by atoms with Gasteiger partial charge in [0.2, 0.25) is 0 Å². The van der Waals surface area contributed by atoms with E-state index in [2.05, 4.69) is 5.16 Å². The van der Waals surface area contributed by atoms with Crippen molar-refractivity contribution in [3.8, 4) is 11.3 Å². The number of benzene rings is 2. The number of nitrogens with zero attached hydrogens (tertiary/aromatic N) is 1. The van der Waals surface area contributed by atoms with Gasteiger partial charge in [-0.15, -0.1) is 0 Å².